The van der Waals surface area contributed by atoms with Crippen LogP contribution in [-0.2, 0) is 4.79 Å². The quantitative estimate of drug-likeness (QED) is 0.418. The summed E-state index contributed by atoms with van der Waals surface area (Å²) in [7, 11) is 0. The molecule has 1 heterocycles. The summed E-state index contributed by atoms with van der Waals surface area (Å²) < 4.78 is 0. The molecule has 0 aliphatic carbocycles. The van der Waals surface area contributed by atoms with E-state index in [1.807, 2.05) is 0 Å². The van der Waals surface area contributed by atoms with E-state index in [0.717, 1.165) is 5.71 Å². The molecule has 0 fully saturated rings. The minimum atomic E-state index is 0.0579. The molecule has 0 aromatic carbocycles. The number of ketones is 1. The van der Waals surface area contributed by atoms with Gasteiger partial charge in [-0.2, -0.15) is 0 Å². The van der Waals surface area contributed by atoms with Crippen molar-refractivity contribution >= 4 is 11.5 Å². The summed E-state index contributed by atoms with van der Waals surface area (Å²) in [5, 5.41) is 0. The number of aliphatic imine (C=N–C) groups is 1. The average Bonchev–Trinajstić information content (AvgIpc) is 1.98. The molecule has 0 N–H and O–H groups in total. The van der Waals surface area contributed by atoms with Gasteiger partial charge >= 0.3 is 0 Å². The van der Waals surface area contributed by atoms with Crippen LogP contribution in [0.1, 0.15) is 6.92 Å². The fourth-order valence-corrected chi connectivity index (χ4v) is 0.583. The highest BCUT2D eigenvalue weighted by Crippen LogP contribution is 2.04. The van der Waals surface area contributed by atoms with Crippen LogP contribution in [0.4, 0.5) is 0 Å². The molecule has 1 aliphatic rings. The third kappa shape index (κ3) is 0.579. The van der Waals surface area contributed by atoms with Crippen molar-refractivity contribution in [3.05, 3.63) is 12.2 Å². The van der Waals surface area contributed by atoms with Crippen molar-refractivity contribution in [2.75, 3.05) is 6.54 Å². The van der Waals surface area contributed by atoms with E-state index in [2.05, 4.69) is 11.6 Å². The van der Waals surface area contributed by atoms with Crippen molar-refractivity contribution in [1.82, 2.24) is 0 Å². The molecule has 2 nitrogen and oxygen atoms in total. The van der Waals surface area contributed by atoms with Gasteiger partial charge in [-0.15, -0.1) is 0 Å². The molecule has 0 unspecified atom stereocenters. The third-order valence-corrected chi connectivity index (χ3v) is 1.23. The van der Waals surface area contributed by atoms with Gasteiger partial charge in [-0.3, -0.25) is 9.79 Å². The monoisotopic (exact) mass is 109 g/mol. The lowest BCUT2D eigenvalue weighted by molar-refractivity contribution is -0.113. The summed E-state index contributed by atoms with van der Waals surface area (Å²) in [6, 6.07) is 0. The van der Waals surface area contributed by atoms with Crippen molar-refractivity contribution < 1.29 is 4.79 Å². The minimum Gasteiger partial charge on any atom is -0.292 e. The van der Waals surface area contributed by atoms with Crippen LogP contribution in [0.5, 0.6) is 0 Å². The Morgan fingerprint density at radius 3 is 2.50 bits per heavy atom. The van der Waals surface area contributed by atoms with Gasteiger partial charge in [0.25, 0.3) is 0 Å². The number of hydrogen-bond acceptors (Lipinski definition) is 2. The van der Waals surface area contributed by atoms with Gasteiger partial charge < -0.3 is 0 Å². The first kappa shape index (κ1) is 5.22. The number of carbonyl (C=O) groups is 1. The summed E-state index contributed by atoms with van der Waals surface area (Å²) in [5.41, 5.74) is 1.36. The largest absolute Gasteiger partial charge is 0.292 e. The second-order valence-corrected chi connectivity index (χ2v) is 1.80. The molecule has 0 saturated carbocycles. The van der Waals surface area contributed by atoms with Crippen LogP contribution >= 0.6 is 0 Å². The van der Waals surface area contributed by atoms with Gasteiger partial charge in [0.2, 0.25) is 0 Å². The van der Waals surface area contributed by atoms with Gasteiger partial charge in [-0.05, 0) is 6.92 Å². The second-order valence-electron chi connectivity index (χ2n) is 1.80. The van der Waals surface area contributed by atoms with Crippen LogP contribution in [0, 0.1) is 0 Å². The number of Topliss-reactive ketones (excluding diaryl/α,β-unsaturated/α-hetero) is 1. The van der Waals surface area contributed by atoms with Crippen LogP contribution in [-0.4, -0.2) is 18.0 Å². The Morgan fingerprint density at radius 2 is 2.38 bits per heavy atom. The van der Waals surface area contributed by atoms with Crippen LogP contribution < -0.4 is 0 Å². The molecule has 2 heteroatoms. The molecule has 1 rings (SSSR count). The number of carbonyl (C=O) groups excluding carboxylic acids is 1. The summed E-state index contributed by atoms with van der Waals surface area (Å²) in [5.74, 6) is 0.0579. The first-order chi connectivity index (χ1) is 3.72. The summed E-state index contributed by atoms with van der Waals surface area (Å²) in [4.78, 5) is 14.4. The number of hydrogen-bond donors (Lipinski definition) is 0. The summed E-state index contributed by atoms with van der Waals surface area (Å²) in [6.45, 7) is 5.64. The van der Waals surface area contributed by atoms with Crippen LogP contribution in [0.25, 0.3) is 0 Å². The van der Waals surface area contributed by atoms with E-state index in [-0.39, 0.29) is 5.78 Å². The van der Waals surface area contributed by atoms with Crippen LogP contribution in [0.15, 0.2) is 17.1 Å². The first-order valence-corrected chi connectivity index (χ1v) is 2.45. The van der Waals surface area contributed by atoms with E-state index >= 15 is 0 Å². The Balaban J connectivity index is 2.89. The fourth-order valence-electron chi connectivity index (χ4n) is 0.583. The molecular formula is C6H7NO. The van der Waals surface area contributed by atoms with Gasteiger partial charge in [-0.25, -0.2) is 0 Å². The van der Waals surface area contributed by atoms with Crippen molar-refractivity contribution in [2.24, 2.45) is 4.99 Å². The smallest absolute Gasteiger partial charge is 0.185 e. The standard InChI is InChI=1S/C6H7NO/c1-4-5(2)7-3-6(4)8/h1,3H2,2H3. The highest BCUT2D eigenvalue weighted by atomic mass is 16.1. The van der Waals surface area contributed by atoms with Crippen molar-refractivity contribution in [1.29, 1.82) is 0 Å². The van der Waals surface area contributed by atoms with Crippen molar-refractivity contribution in [2.45, 2.75) is 6.92 Å². The maximum absolute atomic E-state index is 10.6. The average molecular weight is 109 g/mol. The molecule has 0 radical (unpaired) electrons. The Morgan fingerprint density at radius 1 is 1.75 bits per heavy atom. The molecule has 0 aromatic heterocycles. The van der Waals surface area contributed by atoms with Gasteiger partial charge in [0.1, 0.15) is 6.54 Å². The zero-order valence-corrected chi connectivity index (χ0v) is 4.77. The van der Waals surface area contributed by atoms with E-state index in [9.17, 15) is 4.79 Å². The molecule has 0 spiro atoms. The predicted octanol–water partition coefficient (Wildman–Crippen LogP) is 0.586. The van der Waals surface area contributed by atoms with E-state index in [4.69, 9.17) is 0 Å². The Labute approximate surface area is 47.9 Å². The van der Waals surface area contributed by atoms with E-state index < -0.39 is 0 Å². The fraction of sp³-hybridized carbons (Fsp3) is 0.333. The molecular weight excluding hydrogens is 102 g/mol. The molecule has 1 aliphatic heterocycles. The van der Waals surface area contributed by atoms with E-state index in [1.165, 1.54) is 0 Å². The number of nitrogens with zero attached hydrogens (tertiary/aromatic N) is 1. The minimum absolute atomic E-state index is 0.0579. The molecule has 0 bridgehead atoms. The second kappa shape index (κ2) is 1.54. The van der Waals surface area contributed by atoms with Gasteiger partial charge in [0.15, 0.2) is 5.78 Å². The maximum Gasteiger partial charge on any atom is 0.185 e. The normalized spacial score (nSPS) is 19.4. The van der Waals surface area contributed by atoms with E-state index in [1.54, 1.807) is 6.92 Å². The zero-order valence-electron chi connectivity index (χ0n) is 4.77. The van der Waals surface area contributed by atoms with Crippen molar-refractivity contribution in [3.8, 4) is 0 Å². The molecule has 0 saturated heterocycles. The van der Waals surface area contributed by atoms with E-state index in [0.29, 0.717) is 12.1 Å². The Bertz CT molecular complexity index is 179. The van der Waals surface area contributed by atoms with Crippen LogP contribution in [0.3, 0.4) is 0 Å². The zero-order chi connectivity index (χ0) is 6.15. The maximum atomic E-state index is 10.6. The number of rotatable bonds is 0. The lowest BCUT2D eigenvalue weighted by Gasteiger charge is -1.85. The van der Waals surface area contributed by atoms with Gasteiger partial charge in [-0.1, -0.05) is 6.58 Å². The molecule has 8 heavy (non-hydrogen) atoms. The predicted molar refractivity (Wildman–Crippen MR) is 32.1 cm³/mol. The van der Waals surface area contributed by atoms with Crippen molar-refractivity contribution in [3.63, 3.8) is 0 Å². The lowest BCUT2D eigenvalue weighted by Crippen LogP contribution is -2.00. The summed E-state index contributed by atoms with van der Waals surface area (Å²) in [6.07, 6.45) is 0. The Kier molecular flexibility index (Phi) is 1.01. The topological polar surface area (TPSA) is 29.4 Å². The SMILES string of the molecule is C=C1C(=O)CN=C1C. The molecule has 42 valence electrons. The first-order valence-electron chi connectivity index (χ1n) is 2.45. The molecule has 0 aromatic rings. The highest BCUT2D eigenvalue weighted by Gasteiger charge is 2.14. The lowest BCUT2D eigenvalue weighted by atomic mass is 10.2. The van der Waals surface area contributed by atoms with Crippen LogP contribution in [0.2, 0.25) is 0 Å². The molecule has 0 atom stereocenters. The summed E-state index contributed by atoms with van der Waals surface area (Å²) >= 11 is 0. The third-order valence-electron chi connectivity index (χ3n) is 1.23. The molecule has 0 amide bonds. The van der Waals surface area contributed by atoms with Gasteiger partial charge in [0.05, 0.1) is 0 Å². The van der Waals surface area contributed by atoms with Gasteiger partial charge in [0, 0.05) is 11.3 Å². The Hall–Kier alpha value is -0.920. The highest BCUT2D eigenvalue weighted by molar-refractivity contribution is 6.25.